The number of ether oxygens (including phenoxy) is 1. The normalized spacial score (nSPS) is 17.8. The summed E-state index contributed by atoms with van der Waals surface area (Å²) in [6.45, 7) is -0.381. The molecular formula is C23H25N3O3. The van der Waals surface area contributed by atoms with E-state index < -0.39 is 17.4 Å². The molecule has 1 amide bonds. The number of pyridine rings is 1. The van der Waals surface area contributed by atoms with Gasteiger partial charge in [0.05, 0.1) is 17.1 Å². The summed E-state index contributed by atoms with van der Waals surface area (Å²) < 4.78 is 5.42. The van der Waals surface area contributed by atoms with Crippen molar-refractivity contribution in [1.82, 2.24) is 10.3 Å². The van der Waals surface area contributed by atoms with E-state index in [0.29, 0.717) is 18.4 Å². The summed E-state index contributed by atoms with van der Waals surface area (Å²) in [5, 5.41) is 13.0. The summed E-state index contributed by atoms with van der Waals surface area (Å²) in [7, 11) is 0. The van der Waals surface area contributed by atoms with Crippen LogP contribution in [0.3, 0.4) is 0 Å². The zero-order valence-electron chi connectivity index (χ0n) is 16.5. The average molecular weight is 391 g/mol. The smallest absolute Gasteiger partial charge is 0.339 e. The minimum Gasteiger partial charge on any atom is -0.452 e. The zero-order valence-corrected chi connectivity index (χ0v) is 16.5. The first kappa shape index (κ1) is 19.4. The number of aromatic nitrogens is 1. The molecule has 1 heterocycles. The van der Waals surface area contributed by atoms with Crippen LogP contribution in [0.4, 0.5) is 0 Å². The second-order valence-electron chi connectivity index (χ2n) is 8.02. The average Bonchev–Trinajstić information content (AvgIpc) is 3.07. The third kappa shape index (κ3) is 3.95. The van der Waals surface area contributed by atoms with E-state index in [1.54, 1.807) is 0 Å². The molecule has 2 aliphatic rings. The number of benzene rings is 1. The highest BCUT2D eigenvalue weighted by molar-refractivity contribution is 6.05. The Hall–Kier alpha value is -2.94. The van der Waals surface area contributed by atoms with Crippen LogP contribution < -0.4 is 5.32 Å². The van der Waals surface area contributed by atoms with Crippen molar-refractivity contribution in [3.63, 3.8) is 0 Å². The zero-order chi connectivity index (χ0) is 20.3. The fourth-order valence-corrected chi connectivity index (χ4v) is 4.53. The lowest BCUT2D eigenvalue weighted by Crippen LogP contribution is -2.46. The number of carbonyl (C=O) groups is 2. The van der Waals surface area contributed by atoms with Gasteiger partial charge < -0.3 is 10.1 Å². The molecule has 1 aromatic carbocycles. The minimum atomic E-state index is -0.816. The molecular weight excluding hydrogens is 366 g/mol. The van der Waals surface area contributed by atoms with Crippen molar-refractivity contribution in [2.24, 2.45) is 0 Å². The van der Waals surface area contributed by atoms with E-state index >= 15 is 0 Å². The Labute approximate surface area is 170 Å². The number of para-hydroxylation sites is 1. The van der Waals surface area contributed by atoms with E-state index in [4.69, 9.17) is 9.72 Å². The van der Waals surface area contributed by atoms with E-state index in [1.165, 1.54) is 0 Å². The van der Waals surface area contributed by atoms with Gasteiger partial charge in [-0.2, -0.15) is 5.26 Å². The maximum atomic E-state index is 13.0. The third-order valence-corrected chi connectivity index (χ3v) is 6.01. The lowest BCUT2D eigenvalue weighted by molar-refractivity contribution is -0.125. The monoisotopic (exact) mass is 391 g/mol. The van der Waals surface area contributed by atoms with Gasteiger partial charge in [0.25, 0.3) is 5.91 Å². The van der Waals surface area contributed by atoms with Crippen LogP contribution in [0.25, 0.3) is 10.9 Å². The summed E-state index contributed by atoms with van der Waals surface area (Å²) >= 11 is 0. The van der Waals surface area contributed by atoms with Crippen LogP contribution in [0.1, 0.15) is 66.6 Å². The number of amides is 1. The van der Waals surface area contributed by atoms with Gasteiger partial charge in [0, 0.05) is 11.1 Å². The lowest BCUT2D eigenvalue weighted by Gasteiger charge is -2.22. The highest BCUT2D eigenvalue weighted by Gasteiger charge is 2.35. The fourth-order valence-electron chi connectivity index (χ4n) is 4.53. The number of nitriles is 1. The van der Waals surface area contributed by atoms with Gasteiger partial charge >= 0.3 is 5.97 Å². The Bertz CT molecular complexity index is 987. The highest BCUT2D eigenvalue weighted by Crippen LogP contribution is 2.30. The molecule has 1 N–H and O–H groups in total. The van der Waals surface area contributed by atoms with Crippen LogP contribution >= 0.6 is 0 Å². The quantitative estimate of drug-likeness (QED) is 0.635. The summed E-state index contributed by atoms with van der Waals surface area (Å²) in [4.78, 5) is 30.2. The number of hydrogen-bond acceptors (Lipinski definition) is 5. The van der Waals surface area contributed by atoms with Gasteiger partial charge in [-0.1, -0.05) is 24.6 Å². The molecule has 0 saturated heterocycles. The molecule has 0 spiro atoms. The molecule has 6 heteroatoms. The molecule has 4 rings (SSSR count). The minimum absolute atomic E-state index is 0.381. The predicted octanol–water partition coefficient (Wildman–Crippen LogP) is 3.61. The van der Waals surface area contributed by atoms with E-state index in [-0.39, 0.29) is 6.61 Å². The molecule has 1 saturated carbocycles. The van der Waals surface area contributed by atoms with Crippen molar-refractivity contribution in [2.45, 2.75) is 63.3 Å². The van der Waals surface area contributed by atoms with Crippen molar-refractivity contribution in [1.29, 1.82) is 5.26 Å². The molecule has 6 nitrogen and oxygen atoms in total. The first-order chi connectivity index (χ1) is 14.1. The molecule has 2 aliphatic carbocycles. The Kier molecular flexibility index (Phi) is 5.48. The molecule has 1 fully saturated rings. The maximum absolute atomic E-state index is 13.0. The molecule has 0 radical (unpaired) electrons. The van der Waals surface area contributed by atoms with Crippen LogP contribution in [0.15, 0.2) is 24.3 Å². The summed E-state index contributed by atoms with van der Waals surface area (Å²) in [6, 6.07) is 9.79. The lowest BCUT2D eigenvalue weighted by atomic mass is 9.97. The number of esters is 1. The molecule has 0 aliphatic heterocycles. The third-order valence-electron chi connectivity index (χ3n) is 6.01. The molecule has 150 valence electrons. The molecule has 1 aromatic heterocycles. The van der Waals surface area contributed by atoms with Crippen LogP contribution in [0, 0.1) is 11.3 Å². The van der Waals surface area contributed by atoms with Crippen LogP contribution in [0.2, 0.25) is 0 Å². The number of aryl methyl sites for hydroxylation is 1. The fraction of sp³-hybridized carbons (Fsp3) is 0.478. The van der Waals surface area contributed by atoms with Crippen molar-refractivity contribution in [3.05, 3.63) is 41.1 Å². The summed E-state index contributed by atoms with van der Waals surface area (Å²) in [5.74, 6) is -0.916. The molecule has 29 heavy (non-hydrogen) atoms. The van der Waals surface area contributed by atoms with Gasteiger partial charge in [-0.3, -0.25) is 9.78 Å². The second-order valence-corrected chi connectivity index (χ2v) is 8.02. The van der Waals surface area contributed by atoms with Gasteiger partial charge in [-0.15, -0.1) is 0 Å². The molecule has 2 aromatic rings. The number of nitrogens with zero attached hydrogens (tertiary/aromatic N) is 2. The Morgan fingerprint density at radius 3 is 2.66 bits per heavy atom. The summed E-state index contributed by atoms with van der Waals surface area (Å²) in [6.07, 6.45) is 7.96. The molecule has 0 unspecified atom stereocenters. The van der Waals surface area contributed by atoms with E-state index in [2.05, 4.69) is 11.4 Å². The van der Waals surface area contributed by atoms with Crippen LogP contribution in [-0.4, -0.2) is 29.0 Å². The van der Waals surface area contributed by atoms with Gasteiger partial charge in [0.1, 0.15) is 5.54 Å². The first-order valence-corrected chi connectivity index (χ1v) is 10.4. The van der Waals surface area contributed by atoms with E-state index in [1.807, 2.05) is 24.3 Å². The highest BCUT2D eigenvalue weighted by atomic mass is 16.5. The summed E-state index contributed by atoms with van der Waals surface area (Å²) in [5.41, 5.74) is 2.42. The Morgan fingerprint density at radius 2 is 1.86 bits per heavy atom. The SMILES string of the molecule is N#CC1(NC(=O)COC(=O)c2c3c(nc4ccccc24)CCCCC3)CCCC1. The standard InChI is InChI=1S/C23H25N3O3/c24-15-23(12-6-7-13-23)26-20(27)14-29-22(28)21-16-8-2-1-3-10-18(16)25-19-11-5-4-9-17(19)21/h4-5,9,11H,1-3,6-8,10,12-14H2,(H,26,27). The number of rotatable bonds is 4. The number of nitrogens with one attached hydrogen (secondary N) is 1. The van der Waals surface area contributed by atoms with Gasteiger partial charge in [-0.25, -0.2) is 4.79 Å². The van der Waals surface area contributed by atoms with Crippen molar-refractivity contribution >= 4 is 22.8 Å². The van der Waals surface area contributed by atoms with Crippen molar-refractivity contribution in [2.75, 3.05) is 6.61 Å². The number of hydrogen-bond donors (Lipinski definition) is 1. The van der Waals surface area contributed by atoms with Crippen LogP contribution in [0.5, 0.6) is 0 Å². The van der Waals surface area contributed by atoms with Gasteiger partial charge in [0.15, 0.2) is 6.61 Å². The second kappa shape index (κ2) is 8.20. The number of fused-ring (bicyclic) bond motifs is 2. The van der Waals surface area contributed by atoms with Gasteiger partial charge in [0.2, 0.25) is 0 Å². The molecule has 0 bridgehead atoms. The Morgan fingerprint density at radius 1 is 1.10 bits per heavy atom. The maximum Gasteiger partial charge on any atom is 0.339 e. The van der Waals surface area contributed by atoms with Crippen molar-refractivity contribution < 1.29 is 14.3 Å². The largest absolute Gasteiger partial charge is 0.452 e. The van der Waals surface area contributed by atoms with Crippen LogP contribution in [-0.2, 0) is 22.4 Å². The predicted molar refractivity (Wildman–Crippen MR) is 108 cm³/mol. The molecule has 0 atom stereocenters. The van der Waals surface area contributed by atoms with E-state index in [9.17, 15) is 14.9 Å². The Balaban J connectivity index is 1.56. The topological polar surface area (TPSA) is 92.1 Å². The first-order valence-electron chi connectivity index (χ1n) is 10.4. The van der Waals surface area contributed by atoms with E-state index in [0.717, 1.165) is 67.1 Å². The van der Waals surface area contributed by atoms with Gasteiger partial charge in [-0.05, 0) is 63.0 Å². The number of carbonyl (C=O) groups excluding carboxylic acids is 2. The van der Waals surface area contributed by atoms with Crippen molar-refractivity contribution in [3.8, 4) is 6.07 Å².